The third-order valence-corrected chi connectivity index (χ3v) is 2.47. The summed E-state index contributed by atoms with van der Waals surface area (Å²) in [6, 6.07) is 0. The van der Waals surface area contributed by atoms with Crippen LogP contribution in [0, 0.1) is 0 Å². The summed E-state index contributed by atoms with van der Waals surface area (Å²) in [5, 5.41) is 0. The van der Waals surface area contributed by atoms with Gasteiger partial charge in [0.05, 0.1) is 6.61 Å². The number of hydrogen-bond donors (Lipinski definition) is 0. The topological polar surface area (TPSA) is 26.3 Å². The van der Waals surface area contributed by atoms with Gasteiger partial charge < -0.3 is 4.74 Å². The highest BCUT2D eigenvalue weighted by Crippen LogP contribution is 2.05. The van der Waals surface area contributed by atoms with Crippen molar-refractivity contribution in [3.63, 3.8) is 0 Å². The van der Waals surface area contributed by atoms with E-state index >= 15 is 0 Å². The fourth-order valence-corrected chi connectivity index (χ4v) is 1.41. The van der Waals surface area contributed by atoms with Gasteiger partial charge in [0.15, 0.2) is 0 Å². The lowest BCUT2D eigenvalue weighted by atomic mass is 10.1. The molecule has 0 saturated carbocycles. The molecule has 94 valence electrons. The Morgan fingerprint density at radius 3 is 2.38 bits per heavy atom. The van der Waals surface area contributed by atoms with Crippen LogP contribution < -0.4 is 0 Å². The highest BCUT2D eigenvalue weighted by molar-refractivity contribution is 5.81. The first kappa shape index (κ1) is 15.2. The van der Waals surface area contributed by atoms with E-state index < -0.39 is 0 Å². The van der Waals surface area contributed by atoms with Gasteiger partial charge in [-0.25, -0.2) is 4.79 Å². The molecule has 0 fully saturated rings. The van der Waals surface area contributed by atoms with Crippen molar-refractivity contribution in [3.05, 3.63) is 12.2 Å². The monoisotopic (exact) mass is 226 g/mol. The molecule has 0 rings (SSSR count). The summed E-state index contributed by atoms with van der Waals surface area (Å²) >= 11 is 0. The molecule has 0 amide bonds. The van der Waals surface area contributed by atoms with E-state index in [9.17, 15) is 4.79 Å². The van der Waals surface area contributed by atoms with Crippen molar-refractivity contribution in [2.75, 3.05) is 6.61 Å². The van der Waals surface area contributed by atoms with E-state index in [0.717, 1.165) is 19.3 Å². The minimum absolute atomic E-state index is 0.193. The minimum Gasteiger partial charge on any atom is -0.463 e. The van der Waals surface area contributed by atoms with Gasteiger partial charge in [-0.15, -0.1) is 0 Å². The van der Waals surface area contributed by atoms with Gasteiger partial charge in [0.25, 0.3) is 0 Å². The maximum Gasteiger partial charge on any atom is 0.330 e. The first-order valence-corrected chi connectivity index (χ1v) is 6.64. The zero-order valence-corrected chi connectivity index (χ0v) is 10.8. The molecule has 0 radical (unpaired) electrons. The Labute approximate surface area is 100 Å². The van der Waals surface area contributed by atoms with Crippen LogP contribution in [0.3, 0.4) is 0 Å². The summed E-state index contributed by atoms with van der Waals surface area (Å²) in [6.07, 6.45) is 12.9. The molecule has 0 unspecified atom stereocenters. The molecule has 0 bridgehead atoms. The molecule has 0 aromatic heterocycles. The number of esters is 1. The van der Waals surface area contributed by atoms with Crippen LogP contribution in [0.2, 0.25) is 0 Å². The largest absolute Gasteiger partial charge is 0.463 e. The van der Waals surface area contributed by atoms with Crippen LogP contribution in [0.25, 0.3) is 0 Å². The summed E-state index contributed by atoms with van der Waals surface area (Å²) in [7, 11) is 0. The number of carbonyl (C=O) groups is 1. The van der Waals surface area contributed by atoms with Crippen molar-refractivity contribution in [2.24, 2.45) is 0 Å². The fraction of sp³-hybridized carbons (Fsp3) is 0.786. The molecule has 0 spiro atoms. The second-order valence-electron chi connectivity index (χ2n) is 4.13. The normalized spacial score (nSPS) is 10.9. The Kier molecular flexibility index (Phi) is 11.7. The van der Waals surface area contributed by atoms with Crippen molar-refractivity contribution in [1.82, 2.24) is 0 Å². The third-order valence-electron chi connectivity index (χ3n) is 2.47. The zero-order valence-electron chi connectivity index (χ0n) is 10.8. The van der Waals surface area contributed by atoms with Gasteiger partial charge >= 0.3 is 5.97 Å². The molecule has 0 aliphatic carbocycles. The van der Waals surface area contributed by atoms with Gasteiger partial charge in [0.1, 0.15) is 0 Å². The Bertz CT molecular complexity index is 185. The number of ether oxygens (including phenoxy) is 1. The molecule has 0 aliphatic rings. The van der Waals surface area contributed by atoms with Crippen LogP contribution in [-0.2, 0) is 9.53 Å². The predicted molar refractivity (Wildman–Crippen MR) is 68.4 cm³/mol. The molecular formula is C14H26O2. The first-order chi connectivity index (χ1) is 7.81. The Balaban J connectivity index is 3.28. The molecule has 2 nitrogen and oxygen atoms in total. The average Bonchev–Trinajstić information content (AvgIpc) is 2.28. The molecule has 0 N–H and O–H groups in total. The van der Waals surface area contributed by atoms with Gasteiger partial charge in [-0.1, -0.05) is 52.0 Å². The lowest BCUT2D eigenvalue weighted by Crippen LogP contribution is -2.01. The van der Waals surface area contributed by atoms with Gasteiger partial charge in [0, 0.05) is 6.08 Å². The average molecular weight is 226 g/mol. The summed E-state index contributed by atoms with van der Waals surface area (Å²) in [5.74, 6) is -0.193. The van der Waals surface area contributed by atoms with Crippen molar-refractivity contribution < 1.29 is 9.53 Å². The Morgan fingerprint density at radius 1 is 1.00 bits per heavy atom. The molecule has 16 heavy (non-hydrogen) atoms. The molecule has 0 aromatic rings. The first-order valence-electron chi connectivity index (χ1n) is 6.64. The number of rotatable bonds is 10. The van der Waals surface area contributed by atoms with Crippen LogP contribution in [0.1, 0.15) is 65.2 Å². The van der Waals surface area contributed by atoms with Crippen LogP contribution >= 0.6 is 0 Å². The minimum atomic E-state index is -0.193. The molecule has 2 heteroatoms. The van der Waals surface area contributed by atoms with E-state index in [0.29, 0.717) is 6.61 Å². The van der Waals surface area contributed by atoms with E-state index in [1.54, 1.807) is 6.08 Å². The van der Waals surface area contributed by atoms with Gasteiger partial charge in [-0.2, -0.15) is 0 Å². The summed E-state index contributed by atoms with van der Waals surface area (Å²) in [6.45, 7) is 4.85. The third kappa shape index (κ3) is 11.3. The number of unbranched alkanes of at least 4 members (excludes halogenated alkanes) is 6. The summed E-state index contributed by atoms with van der Waals surface area (Å²) < 4.78 is 5.00. The maximum absolute atomic E-state index is 11.1. The Morgan fingerprint density at radius 2 is 1.69 bits per heavy atom. The summed E-state index contributed by atoms with van der Waals surface area (Å²) in [5.41, 5.74) is 0. The molecule has 0 aliphatic heterocycles. The smallest absolute Gasteiger partial charge is 0.330 e. The highest BCUT2D eigenvalue weighted by Gasteiger charge is 1.94. The lowest BCUT2D eigenvalue weighted by Gasteiger charge is -1.99. The molecular weight excluding hydrogens is 200 g/mol. The maximum atomic E-state index is 11.1. The zero-order chi connectivity index (χ0) is 12.1. The van der Waals surface area contributed by atoms with Gasteiger partial charge in [0.2, 0.25) is 0 Å². The number of allylic oxidation sites excluding steroid dienone is 1. The Hall–Kier alpha value is -0.790. The van der Waals surface area contributed by atoms with E-state index in [-0.39, 0.29) is 5.97 Å². The standard InChI is InChI=1S/C14H26O2/c1-3-5-7-8-9-10-11-12-14(15)16-13-6-4-2/h11-12H,3-10,13H2,1-2H3/b12-11+. The van der Waals surface area contributed by atoms with E-state index in [1.807, 2.05) is 6.08 Å². The highest BCUT2D eigenvalue weighted by atomic mass is 16.5. The molecule has 0 atom stereocenters. The molecule has 0 heterocycles. The second-order valence-corrected chi connectivity index (χ2v) is 4.13. The van der Waals surface area contributed by atoms with Crippen LogP contribution in [0.5, 0.6) is 0 Å². The van der Waals surface area contributed by atoms with Crippen molar-refractivity contribution in [1.29, 1.82) is 0 Å². The molecule has 0 aromatic carbocycles. The predicted octanol–water partition coefficient (Wildman–Crippen LogP) is 4.25. The quantitative estimate of drug-likeness (QED) is 0.316. The van der Waals surface area contributed by atoms with Crippen molar-refractivity contribution in [3.8, 4) is 0 Å². The number of carbonyl (C=O) groups excluding carboxylic acids is 1. The fourth-order valence-electron chi connectivity index (χ4n) is 1.41. The number of hydrogen-bond acceptors (Lipinski definition) is 2. The lowest BCUT2D eigenvalue weighted by molar-refractivity contribution is -0.137. The van der Waals surface area contributed by atoms with Crippen molar-refractivity contribution in [2.45, 2.75) is 65.2 Å². The molecule has 0 saturated heterocycles. The van der Waals surface area contributed by atoms with Crippen LogP contribution in [0.15, 0.2) is 12.2 Å². The summed E-state index contributed by atoms with van der Waals surface area (Å²) in [4.78, 5) is 11.1. The van der Waals surface area contributed by atoms with E-state index in [4.69, 9.17) is 4.74 Å². The van der Waals surface area contributed by atoms with Gasteiger partial charge in [-0.05, 0) is 19.3 Å². The van der Waals surface area contributed by atoms with Crippen LogP contribution in [-0.4, -0.2) is 12.6 Å². The van der Waals surface area contributed by atoms with Crippen LogP contribution in [0.4, 0.5) is 0 Å². The SMILES string of the molecule is CCCCCCC/C=C/C(=O)OCCCC. The van der Waals surface area contributed by atoms with Gasteiger partial charge in [-0.3, -0.25) is 0 Å². The van der Waals surface area contributed by atoms with E-state index in [1.165, 1.54) is 32.1 Å². The second kappa shape index (κ2) is 12.3. The van der Waals surface area contributed by atoms with E-state index in [2.05, 4.69) is 13.8 Å². The van der Waals surface area contributed by atoms with Crippen molar-refractivity contribution >= 4 is 5.97 Å².